The summed E-state index contributed by atoms with van der Waals surface area (Å²) in [5.41, 5.74) is 1.01. The molecular weight excluding hydrogens is 280 g/mol. The maximum atomic E-state index is 9.37. The van der Waals surface area contributed by atoms with Gasteiger partial charge in [-0.1, -0.05) is 11.6 Å². The molecular formula is C14H19ClN2O3. The van der Waals surface area contributed by atoms with E-state index in [1.165, 1.54) is 0 Å². The monoisotopic (exact) mass is 298 g/mol. The normalized spacial score (nSPS) is 20.1. The standard InChI is InChI=1S/C14H19ClN2O3/c15-11-8-14-13(19-9-20-14)7-10(11)12(1-6-18)17-4-2-16-3-5-17/h7-8,12,16,18H,1-6,9H2/t12-/m0/s1. The van der Waals surface area contributed by atoms with Crippen molar-refractivity contribution < 1.29 is 14.6 Å². The van der Waals surface area contributed by atoms with Crippen LogP contribution in [0.3, 0.4) is 0 Å². The molecule has 3 rings (SSSR count). The molecule has 0 aliphatic carbocycles. The molecule has 1 atom stereocenters. The number of halogens is 1. The minimum atomic E-state index is 0.115. The quantitative estimate of drug-likeness (QED) is 0.880. The lowest BCUT2D eigenvalue weighted by Crippen LogP contribution is -2.45. The predicted molar refractivity (Wildman–Crippen MR) is 76.5 cm³/mol. The molecule has 5 nitrogen and oxygen atoms in total. The molecule has 110 valence electrons. The van der Waals surface area contributed by atoms with Crippen LogP contribution in [0, 0.1) is 0 Å². The van der Waals surface area contributed by atoms with Gasteiger partial charge in [-0.15, -0.1) is 0 Å². The summed E-state index contributed by atoms with van der Waals surface area (Å²) >= 11 is 6.40. The number of nitrogens with one attached hydrogen (secondary N) is 1. The molecule has 1 fully saturated rings. The number of benzene rings is 1. The Kier molecular flexibility index (Phi) is 4.31. The molecule has 2 aliphatic rings. The Bertz CT molecular complexity index is 478. The van der Waals surface area contributed by atoms with Crippen molar-refractivity contribution in [3.63, 3.8) is 0 Å². The van der Waals surface area contributed by atoms with E-state index in [4.69, 9.17) is 21.1 Å². The van der Waals surface area contributed by atoms with Gasteiger partial charge in [-0.25, -0.2) is 0 Å². The highest BCUT2D eigenvalue weighted by atomic mass is 35.5. The van der Waals surface area contributed by atoms with Gasteiger partial charge in [0, 0.05) is 49.9 Å². The molecule has 0 radical (unpaired) electrons. The van der Waals surface area contributed by atoms with Crippen LogP contribution in [0.5, 0.6) is 11.5 Å². The summed E-state index contributed by atoms with van der Waals surface area (Å²) < 4.78 is 10.8. The summed E-state index contributed by atoms with van der Waals surface area (Å²) in [5.74, 6) is 1.43. The molecule has 2 N–H and O–H groups in total. The Morgan fingerprint density at radius 3 is 2.65 bits per heavy atom. The Morgan fingerprint density at radius 2 is 1.95 bits per heavy atom. The van der Waals surface area contributed by atoms with Gasteiger partial charge in [-0.05, 0) is 18.1 Å². The third-order valence-corrected chi connectivity index (χ3v) is 4.17. The third-order valence-electron chi connectivity index (χ3n) is 3.85. The Hall–Kier alpha value is -1.01. The van der Waals surface area contributed by atoms with Crippen molar-refractivity contribution >= 4 is 11.6 Å². The molecule has 1 saturated heterocycles. The van der Waals surface area contributed by atoms with E-state index < -0.39 is 0 Å². The fraction of sp³-hybridized carbons (Fsp3) is 0.571. The lowest BCUT2D eigenvalue weighted by molar-refractivity contribution is 0.141. The first kappa shape index (κ1) is 13.9. The van der Waals surface area contributed by atoms with Gasteiger partial charge in [0.2, 0.25) is 6.79 Å². The maximum Gasteiger partial charge on any atom is 0.231 e. The number of piperazine rings is 1. The second kappa shape index (κ2) is 6.18. The second-order valence-electron chi connectivity index (χ2n) is 5.04. The van der Waals surface area contributed by atoms with Gasteiger partial charge < -0.3 is 19.9 Å². The van der Waals surface area contributed by atoms with E-state index in [1.54, 1.807) is 0 Å². The van der Waals surface area contributed by atoms with Crippen LogP contribution in [0.15, 0.2) is 12.1 Å². The van der Waals surface area contributed by atoms with E-state index in [0.717, 1.165) is 37.5 Å². The van der Waals surface area contributed by atoms with E-state index in [9.17, 15) is 5.11 Å². The Balaban J connectivity index is 1.90. The number of ether oxygens (including phenoxy) is 2. The van der Waals surface area contributed by atoms with Gasteiger partial charge in [-0.3, -0.25) is 4.90 Å². The largest absolute Gasteiger partial charge is 0.454 e. The van der Waals surface area contributed by atoms with Gasteiger partial charge in [0.05, 0.1) is 0 Å². The van der Waals surface area contributed by atoms with E-state index in [-0.39, 0.29) is 19.4 Å². The minimum Gasteiger partial charge on any atom is -0.454 e. The number of fused-ring (bicyclic) bond motifs is 1. The molecule has 1 aromatic rings. The minimum absolute atomic E-state index is 0.115. The van der Waals surface area contributed by atoms with Crippen molar-refractivity contribution in [1.82, 2.24) is 10.2 Å². The molecule has 0 spiro atoms. The first-order valence-electron chi connectivity index (χ1n) is 6.94. The fourth-order valence-electron chi connectivity index (χ4n) is 2.84. The first-order valence-corrected chi connectivity index (χ1v) is 7.32. The fourth-order valence-corrected chi connectivity index (χ4v) is 3.12. The molecule has 0 bridgehead atoms. The number of aliphatic hydroxyl groups excluding tert-OH is 1. The average Bonchev–Trinajstić information content (AvgIpc) is 2.92. The molecule has 1 aromatic carbocycles. The van der Waals surface area contributed by atoms with Gasteiger partial charge >= 0.3 is 0 Å². The average molecular weight is 299 g/mol. The Labute approximate surface area is 123 Å². The molecule has 0 aromatic heterocycles. The molecule has 2 aliphatic heterocycles. The molecule has 0 saturated carbocycles. The van der Waals surface area contributed by atoms with Crippen LogP contribution in [-0.2, 0) is 0 Å². The molecule has 0 amide bonds. The smallest absolute Gasteiger partial charge is 0.231 e. The highest BCUT2D eigenvalue weighted by Gasteiger charge is 2.26. The zero-order valence-corrected chi connectivity index (χ0v) is 12.0. The van der Waals surface area contributed by atoms with Crippen LogP contribution >= 0.6 is 11.6 Å². The van der Waals surface area contributed by atoms with Crippen molar-refractivity contribution in [2.24, 2.45) is 0 Å². The predicted octanol–water partition coefficient (Wildman–Crippen LogP) is 1.40. The van der Waals surface area contributed by atoms with Crippen LogP contribution < -0.4 is 14.8 Å². The van der Waals surface area contributed by atoms with Crippen LogP contribution in [0.25, 0.3) is 0 Å². The summed E-state index contributed by atoms with van der Waals surface area (Å²) in [7, 11) is 0. The molecule has 0 unspecified atom stereocenters. The number of hydrogen-bond donors (Lipinski definition) is 2. The van der Waals surface area contributed by atoms with Gasteiger partial charge in [0.15, 0.2) is 11.5 Å². The molecule has 6 heteroatoms. The van der Waals surface area contributed by atoms with Crippen molar-refractivity contribution in [3.8, 4) is 11.5 Å². The van der Waals surface area contributed by atoms with Crippen molar-refractivity contribution in [1.29, 1.82) is 0 Å². The van der Waals surface area contributed by atoms with Crippen molar-refractivity contribution in [2.75, 3.05) is 39.6 Å². The van der Waals surface area contributed by atoms with Crippen LogP contribution in [0.2, 0.25) is 5.02 Å². The lowest BCUT2D eigenvalue weighted by atomic mass is 10.0. The van der Waals surface area contributed by atoms with Crippen LogP contribution in [-0.4, -0.2) is 49.6 Å². The number of rotatable bonds is 4. The Morgan fingerprint density at radius 1 is 1.25 bits per heavy atom. The summed E-state index contributed by atoms with van der Waals surface area (Å²) in [6.07, 6.45) is 0.666. The maximum absolute atomic E-state index is 9.37. The number of hydrogen-bond acceptors (Lipinski definition) is 5. The summed E-state index contributed by atoms with van der Waals surface area (Å²) in [4.78, 5) is 2.36. The zero-order valence-electron chi connectivity index (χ0n) is 11.3. The summed E-state index contributed by atoms with van der Waals surface area (Å²) in [6.45, 7) is 4.21. The zero-order chi connectivity index (χ0) is 13.9. The first-order chi connectivity index (χ1) is 9.79. The van der Waals surface area contributed by atoms with E-state index in [0.29, 0.717) is 17.2 Å². The number of nitrogens with zero attached hydrogens (tertiary/aromatic N) is 1. The molecule has 2 heterocycles. The second-order valence-corrected chi connectivity index (χ2v) is 5.45. The van der Waals surface area contributed by atoms with Crippen molar-refractivity contribution in [3.05, 3.63) is 22.7 Å². The van der Waals surface area contributed by atoms with Gasteiger partial charge in [-0.2, -0.15) is 0 Å². The van der Waals surface area contributed by atoms with Gasteiger partial charge in [0.25, 0.3) is 0 Å². The highest BCUT2D eigenvalue weighted by molar-refractivity contribution is 6.31. The molecule has 20 heavy (non-hydrogen) atoms. The van der Waals surface area contributed by atoms with E-state index in [2.05, 4.69) is 10.2 Å². The van der Waals surface area contributed by atoms with Crippen LogP contribution in [0.4, 0.5) is 0 Å². The van der Waals surface area contributed by atoms with Crippen molar-refractivity contribution in [2.45, 2.75) is 12.5 Å². The highest BCUT2D eigenvalue weighted by Crippen LogP contribution is 2.41. The third kappa shape index (κ3) is 2.72. The summed E-state index contributed by atoms with van der Waals surface area (Å²) in [5, 5.41) is 13.4. The van der Waals surface area contributed by atoms with Crippen LogP contribution in [0.1, 0.15) is 18.0 Å². The number of aliphatic hydroxyl groups is 1. The topological polar surface area (TPSA) is 54.0 Å². The van der Waals surface area contributed by atoms with E-state index in [1.807, 2.05) is 12.1 Å². The SMILES string of the molecule is OCC[C@@H](c1cc2c(cc1Cl)OCO2)N1CCNCC1. The van der Waals surface area contributed by atoms with E-state index >= 15 is 0 Å². The lowest BCUT2D eigenvalue weighted by Gasteiger charge is -2.35. The van der Waals surface area contributed by atoms with Gasteiger partial charge in [0.1, 0.15) is 0 Å². The summed E-state index contributed by atoms with van der Waals surface area (Å²) in [6, 6.07) is 3.88.